The summed E-state index contributed by atoms with van der Waals surface area (Å²) >= 11 is 5.81. The van der Waals surface area contributed by atoms with E-state index in [0.29, 0.717) is 5.02 Å². The summed E-state index contributed by atoms with van der Waals surface area (Å²) < 4.78 is 27.4. The van der Waals surface area contributed by atoms with Gasteiger partial charge in [-0.3, -0.25) is 4.98 Å². The number of phenolic OH excluding ortho intramolecular Hbond substituents is 1. The van der Waals surface area contributed by atoms with Gasteiger partial charge in [0.15, 0.2) is 0 Å². The quantitative estimate of drug-likeness (QED) is 0.658. The highest BCUT2D eigenvalue weighted by Gasteiger charge is 2.13. The lowest BCUT2D eigenvalue weighted by atomic mass is 9.99. The van der Waals surface area contributed by atoms with Gasteiger partial charge in [0.2, 0.25) is 10.0 Å². The van der Waals surface area contributed by atoms with Crippen LogP contribution in [0.1, 0.15) is 11.1 Å². The first-order valence-electron chi connectivity index (χ1n) is 8.11. The Morgan fingerprint density at radius 2 is 1.74 bits per heavy atom. The summed E-state index contributed by atoms with van der Waals surface area (Å²) in [5.41, 5.74) is 2.49. The van der Waals surface area contributed by atoms with E-state index in [1.54, 1.807) is 42.7 Å². The molecule has 0 aliphatic heterocycles. The van der Waals surface area contributed by atoms with Gasteiger partial charge in [-0.15, -0.1) is 0 Å². The molecule has 27 heavy (non-hydrogen) atoms. The Morgan fingerprint density at radius 3 is 2.37 bits per heavy atom. The highest BCUT2D eigenvalue weighted by Crippen LogP contribution is 2.24. The zero-order valence-electron chi connectivity index (χ0n) is 14.2. The number of pyridine rings is 1. The monoisotopic (exact) mass is 400 g/mol. The Bertz CT molecular complexity index is 1030. The van der Waals surface area contributed by atoms with Crippen LogP contribution in [-0.2, 0) is 10.0 Å². The number of aromatic nitrogens is 1. The normalized spacial score (nSPS) is 12.1. The van der Waals surface area contributed by atoms with Crippen molar-refractivity contribution in [2.24, 2.45) is 0 Å². The lowest BCUT2D eigenvalue weighted by Crippen LogP contribution is -2.24. The van der Waals surface area contributed by atoms with Crippen LogP contribution in [0.2, 0.25) is 5.02 Å². The topological polar surface area (TPSA) is 79.3 Å². The number of phenols is 1. The Hall–Kier alpha value is -2.67. The van der Waals surface area contributed by atoms with Gasteiger partial charge >= 0.3 is 0 Å². The second-order valence-corrected chi connectivity index (χ2v) is 7.92. The fraction of sp³-hybridized carbons (Fsp3) is 0.0500. The van der Waals surface area contributed by atoms with E-state index in [0.717, 1.165) is 16.7 Å². The van der Waals surface area contributed by atoms with Crippen molar-refractivity contribution < 1.29 is 13.5 Å². The van der Waals surface area contributed by atoms with Crippen LogP contribution in [0.5, 0.6) is 5.75 Å². The number of hydrogen-bond acceptors (Lipinski definition) is 4. The van der Waals surface area contributed by atoms with Gasteiger partial charge in [-0.05, 0) is 53.6 Å². The van der Waals surface area contributed by atoms with Gasteiger partial charge in [-0.1, -0.05) is 35.9 Å². The van der Waals surface area contributed by atoms with Gasteiger partial charge < -0.3 is 5.11 Å². The first-order chi connectivity index (χ1) is 13.0. The lowest BCUT2D eigenvalue weighted by Gasteiger charge is -2.10. The Morgan fingerprint density at radius 1 is 1.04 bits per heavy atom. The van der Waals surface area contributed by atoms with Gasteiger partial charge in [0.1, 0.15) is 5.75 Å². The molecular formula is C20H17ClN2O3S. The molecule has 0 unspecified atom stereocenters. The van der Waals surface area contributed by atoms with E-state index in [-0.39, 0.29) is 17.2 Å². The SMILES string of the molecule is O=S(=O)(NC/C=C(\c1ccc(O)cc1)c1cccnc1)c1ccc(Cl)cc1. The lowest BCUT2D eigenvalue weighted by molar-refractivity contribution is 0.475. The van der Waals surface area contributed by atoms with Crippen LogP contribution in [0.15, 0.2) is 84.0 Å². The Labute approximate surface area is 163 Å². The Kier molecular flexibility index (Phi) is 5.91. The van der Waals surface area contributed by atoms with Crippen LogP contribution < -0.4 is 4.72 Å². The average Bonchev–Trinajstić information content (AvgIpc) is 2.67. The summed E-state index contributed by atoms with van der Waals surface area (Å²) in [6.45, 7) is 0.0933. The third-order valence-electron chi connectivity index (χ3n) is 3.85. The zero-order valence-corrected chi connectivity index (χ0v) is 15.8. The maximum absolute atomic E-state index is 12.4. The summed E-state index contributed by atoms with van der Waals surface area (Å²) in [7, 11) is -3.65. The molecule has 2 aromatic carbocycles. The van der Waals surface area contributed by atoms with E-state index in [4.69, 9.17) is 11.6 Å². The second-order valence-electron chi connectivity index (χ2n) is 5.71. The molecule has 0 fully saturated rings. The van der Waals surface area contributed by atoms with E-state index in [2.05, 4.69) is 9.71 Å². The van der Waals surface area contributed by atoms with Crippen molar-refractivity contribution in [3.63, 3.8) is 0 Å². The van der Waals surface area contributed by atoms with Crippen LogP contribution in [-0.4, -0.2) is 25.1 Å². The molecule has 7 heteroatoms. The number of benzene rings is 2. The first-order valence-corrected chi connectivity index (χ1v) is 9.97. The summed E-state index contributed by atoms with van der Waals surface area (Å²) in [5.74, 6) is 0.160. The highest BCUT2D eigenvalue weighted by molar-refractivity contribution is 7.89. The molecule has 0 aliphatic rings. The minimum atomic E-state index is -3.65. The van der Waals surface area contributed by atoms with Crippen molar-refractivity contribution in [3.8, 4) is 5.75 Å². The van der Waals surface area contributed by atoms with Gasteiger partial charge in [-0.25, -0.2) is 13.1 Å². The molecule has 0 atom stereocenters. The summed E-state index contributed by atoms with van der Waals surface area (Å²) in [5, 5.41) is 9.98. The molecule has 0 saturated heterocycles. The van der Waals surface area contributed by atoms with Gasteiger partial charge in [0.05, 0.1) is 4.90 Å². The molecule has 1 heterocycles. The van der Waals surface area contributed by atoms with Crippen molar-refractivity contribution >= 4 is 27.2 Å². The molecular weight excluding hydrogens is 384 g/mol. The zero-order chi connectivity index (χ0) is 19.3. The van der Waals surface area contributed by atoms with Crippen molar-refractivity contribution in [1.82, 2.24) is 9.71 Å². The molecule has 3 aromatic rings. The van der Waals surface area contributed by atoms with Crippen LogP contribution >= 0.6 is 11.6 Å². The molecule has 0 radical (unpaired) electrons. The standard InChI is InChI=1S/C20H17ClN2O3S/c21-17-5-9-19(10-6-17)27(25,26)23-13-11-20(16-2-1-12-22-14-16)15-3-7-18(24)8-4-15/h1-12,14,23-24H,13H2/b20-11+. The number of sulfonamides is 1. The predicted octanol–water partition coefficient (Wildman–Crippen LogP) is 3.85. The molecule has 0 spiro atoms. The third kappa shape index (κ3) is 4.95. The molecule has 5 nitrogen and oxygen atoms in total. The number of nitrogens with zero attached hydrogens (tertiary/aromatic N) is 1. The molecule has 0 saturated carbocycles. The Balaban J connectivity index is 1.86. The van der Waals surface area contributed by atoms with Crippen molar-refractivity contribution in [1.29, 1.82) is 0 Å². The smallest absolute Gasteiger partial charge is 0.240 e. The maximum atomic E-state index is 12.4. The van der Waals surface area contributed by atoms with Crippen LogP contribution in [0.3, 0.4) is 0 Å². The van der Waals surface area contributed by atoms with Crippen LogP contribution in [0.25, 0.3) is 5.57 Å². The van der Waals surface area contributed by atoms with E-state index in [1.165, 1.54) is 24.3 Å². The number of halogens is 1. The maximum Gasteiger partial charge on any atom is 0.240 e. The van der Waals surface area contributed by atoms with Gasteiger partial charge in [-0.2, -0.15) is 0 Å². The fourth-order valence-corrected chi connectivity index (χ4v) is 3.61. The van der Waals surface area contributed by atoms with E-state index in [9.17, 15) is 13.5 Å². The molecule has 2 N–H and O–H groups in total. The molecule has 1 aromatic heterocycles. The van der Waals surface area contributed by atoms with Crippen LogP contribution in [0.4, 0.5) is 0 Å². The first kappa shape index (κ1) is 19.1. The number of hydrogen-bond donors (Lipinski definition) is 2. The highest BCUT2D eigenvalue weighted by atomic mass is 35.5. The van der Waals surface area contributed by atoms with Crippen LogP contribution in [0, 0.1) is 0 Å². The molecule has 3 rings (SSSR count). The van der Waals surface area contributed by atoms with Crippen molar-refractivity contribution in [3.05, 3.63) is 95.3 Å². The molecule has 0 bridgehead atoms. The molecule has 0 amide bonds. The van der Waals surface area contributed by atoms with Crippen molar-refractivity contribution in [2.45, 2.75) is 4.90 Å². The average molecular weight is 401 g/mol. The van der Waals surface area contributed by atoms with Gasteiger partial charge in [0.25, 0.3) is 0 Å². The molecule has 138 valence electrons. The number of aromatic hydroxyl groups is 1. The number of nitrogens with one attached hydrogen (secondary N) is 1. The minimum absolute atomic E-state index is 0.0933. The summed E-state index contributed by atoms with van der Waals surface area (Å²) in [6, 6.07) is 16.4. The van der Waals surface area contributed by atoms with E-state index >= 15 is 0 Å². The summed E-state index contributed by atoms with van der Waals surface area (Å²) in [4.78, 5) is 4.27. The third-order valence-corrected chi connectivity index (χ3v) is 5.55. The number of rotatable bonds is 6. The summed E-state index contributed by atoms with van der Waals surface area (Å²) in [6.07, 6.45) is 5.14. The van der Waals surface area contributed by atoms with E-state index < -0.39 is 10.0 Å². The second kappa shape index (κ2) is 8.35. The van der Waals surface area contributed by atoms with Crippen molar-refractivity contribution in [2.75, 3.05) is 6.54 Å². The fourth-order valence-electron chi connectivity index (χ4n) is 2.52. The largest absolute Gasteiger partial charge is 0.508 e. The molecule has 0 aliphatic carbocycles. The minimum Gasteiger partial charge on any atom is -0.508 e. The van der Waals surface area contributed by atoms with E-state index in [1.807, 2.05) is 12.1 Å². The van der Waals surface area contributed by atoms with Gasteiger partial charge in [0, 0.05) is 29.5 Å². The predicted molar refractivity (Wildman–Crippen MR) is 106 cm³/mol.